The lowest BCUT2D eigenvalue weighted by molar-refractivity contribution is 0.548. The van der Waals surface area contributed by atoms with Gasteiger partial charge < -0.3 is 13.7 Å². The molecule has 9 aromatic rings. The predicted molar refractivity (Wildman–Crippen MR) is 276 cm³/mol. The van der Waals surface area contributed by atoms with E-state index in [0.29, 0.717) is 0 Å². The average Bonchev–Trinajstić information content (AvgIpc) is 3.96. The Morgan fingerprint density at radius 2 is 0.877 bits per heavy atom. The molecule has 0 radical (unpaired) electrons. The van der Waals surface area contributed by atoms with Crippen molar-refractivity contribution in [1.82, 2.24) is 0 Å². The quantitative estimate of drug-likeness (QED) is 0.156. The van der Waals surface area contributed by atoms with E-state index in [9.17, 15) is 0 Å². The Morgan fingerprint density at radius 1 is 0.369 bits per heavy atom. The maximum atomic E-state index is 5.98. The van der Waals surface area contributed by atoms with E-state index in [1.807, 2.05) is 32.0 Å². The van der Waals surface area contributed by atoms with Gasteiger partial charge in [0.2, 0.25) is 13.4 Å². The van der Waals surface area contributed by atoms with Crippen LogP contribution in [0.5, 0.6) is 0 Å². The van der Waals surface area contributed by atoms with Crippen molar-refractivity contribution in [3.05, 3.63) is 199 Å². The number of nitrogens with zero attached hydrogens (tertiary/aromatic N) is 1. The molecule has 0 bridgehead atoms. The molecule has 2 aliphatic rings. The van der Waals surface area contributed by atoms with Crippen molar-refractivity contribution in [2.75, 3.05) is 4.90 Å². The Hall–Kier alpha value is -6.97. The number of benzene rings is 7. The van der Waals surface area contributed by atoms with E-state index in [1.165, 1.54) is 83.2 Å². The van der Waals surface area contributed by atoms with Crippen molar-refractivity contribution >= 4 is 63.3 Å². The first kappa shape index (κ1) is 40.8. The summed E-state index contributed by atoms with van der Waals surface area (Å²) in [4.78, 5) is 2.60. The standard InChI is InChI=1S/C60H53B2NO2/c1-38-15-33-56(64-38)42-21-17-40(18-22-42)44-11-9-12-49(35-44)62-50-31-28-47(60(6,7)8)37-55(50)63-54-32-25-45(41-19-23-43(24-20-41)57-34-16-39(2)65-57)36-53(54)61(51-13-10-14-52(62)58(51)63)48-29-26-46(27-30-48)59(3,4)5/h9-37H,1-8H3. The molecule has 316 valence electrons. The summed E-state index contributed by atoms with van der Waals surface area (Å²) in [6.45, 7) is 17.9. The number of hydrogen-bond acceptors (Lipinski definition) is 3. The molecule has 2 aromatic heterocycles. The minimum atomic E-state index is -0.0366. The molecule has 0 fully saturated rings. The summed E-state index contributed by atoms with van der Waals surface area (Å²) >= 11 is 0. The molecule has 2 aliphatic heterocycles. The van der Waals surface area contributed by atoms with Crippen LogP contribution in [0.15, 0.2) is 185 Å². The zero-order valence-electron chi connectivity index (χ0n) is 38.7. The molecule has 5 heteroatoms. The van der Waals surface area contributed by atoms with E-state index in [4.69, 9.17) is 8.83 Å². The first-order valence-electron chi connectivity index (χ1n) is 23.0. The number of hydrogen-bond donors (Lipinski definition) is 0. The van der Waals surface area contributed by atoms with E-state index in [1.54, 1.807) is 0 Å². The van der Waals surface area contributed by atoms with Crippen LogP contribution >= 0.6 is 0 Å². The highest BCUT2D eigenvalue weighted by molar-refractivity contribution is 7.02. The van der Waals surface area contributed by atoms with Crippen molar-refractivity contribution in [3.8, 4) is 44.9 Å². The van der Waals surface area contributed by atoms with Gasteiger partial charge in [-0.25, -0.2) is 0 Å². The second kappa shape index (κ2) is 15.3. The Morgan fingerprint density at radius 3 is 1.43 bits per heavy atom. The first-order valence-corrected chi connectivity index (χ1v) is 23.0. The van der Waals surface area contributed by atoms with Crippen LogP contribution in [0.2, 0.25) is 0 Å². The lowest BCUT2D eigenvalue weighted by Gasteiger charge is -2.44. The van der Waals surface area contributed by atoms with Gasteiger partial charge in [0.05, 0.1) is 0 Å². The van der Waals surface area contributed by atoms with E-state index >= 15 is 0 Å². The molecule has 0 N–H and O–H groups in total. The van der Waals surface area contributed by atoms with Crippen LogP contribution in [0.1, 0.15) is 64.2 Å². The predicted octanol–water partition coefficient (Wildman–Crippen LogP) is 11.9. The normalized spacial score (nSPS) is 13.1. The van der Waals surface area contributed by atoms with Gasteiger partial charge in [0, 0.05) is 28.2 Å². The fourth-order valence-corrected chi connectivity index (χ4v) is 10.3. The topological polar surface area (TPSA) is 29.5 Å². The van der Waals surface area contributed by atoms with Gasteiger partial charge in [-0.2, -0.15) is 0 Å². The summed E-state index contributed by atoms with van der Waals surface area (Å²) in [5, 5.41) is 0. The number of anilines is 3. The molecule has 0 saturated carbocycles. The van der Waals surface area contributed by atoms with Crippen LogP contribution in [0, 0.1) is 13.8 Å². The van der Waals surface area contributed by atoms with Crippen LogP contribution in [0.3, 0.4) is 0 Å². The fraction of sp³-hybridized carbons (Fsp3) is 0.167. The van der Waals surface area contributed by atoms with E-state index < -0.39 is 0 Å². The number of para-hydroxylation sites is 1. The Labute approximate surface area is 385 Å². The van der Waals surface area contributed by atoms with Crippen LogP contribution in [-0.4, -0.2) is 13.4 Å². The van der Waals surface area contributed by atoms with Gasteiger partial charge in [-0.05, 0) is 116 Å². The average molecular weight is 842 g/mol. The minimum absolute atomic E-state index is 0.0198. The smallest absolute Gasteiger partial charge is 0.246 e. The molecule has 4 heterocycles. The first-order chi connectivity index (χ1) is 31.3. The molecule has 0 amide bonds. The Balaban J connectivity index is 1.09. The molecule has 0 aliphatic carbocycles. The SMILES string of the molecule is Cc1ccc(-c2ccc(-c3cccc(B4c5ccc(C(C)(C)C)cc5N5c6ccc(-c7ccc(-c8ccc(C)o8)cc7)cc6B(c6ccc(C(C)(C)C)cc6)c6cccc4c65)c3)cc2)o1. The monoisotopic (exact) mass is 841 g/mol. The number of aryl methyl sites for hydroxylation is 2. The third-order valence-electron chi connectivity index (χ3n) is 13.8. The molecule has 3 nitrogen and oxygen atoms in total. The highest BCUT2D eigenvalue weighted by Crippen LogP contribution is 2.41. The summed E-state index contributed by atoms with van der Waals surface area (Å²) in [5.74, 6) is 3.62. The lowest BCUT2D eigenvalue weighted by atomic mass is 9.30. The zero-order chi connectivity index (χ0) is 44.8. The van der Waals surface area contributed by atoms with Crippen molar-refractivity contribution in [2.45, 2.75) is 66.2 Å². The third kappa shape index (κ3) is 7.19. The van der Waals surface area contributed by atoms with Crippen LogP contribution < -0.4 is 37.7 Å². The number of rotatable bonds is 6. The molecule has 7 aromatic carbocycles. The summed E-state index contributed by atoms with van der Waals surface area (Å²) in [6, 6.07) is 65.9. The second-order valence-electron chi connectivity index (χ2n) is 20.3. The third-order valence-corrected chi connectivity index (χ3v) is 13.8. The van der Waals surface area contributed by atoms with Crippen molar-refractivity contribution < 1.29 is 8.83 Å². The van der Waals surface area contributed by atoms with Crippen LogP contribution in [0.4, 0.5) is 17.1 Å². The molecule has 65 heavy (non-hydrogen) atoms. The molecule has 0 atom stereocenters. The second-order valence-corrected chi connectivity index (χ2v) is 20.3. The van der Waals surface area contributed by atoms with E-state index in [0.717, 1.165) is 34.2 Å². The van der Waals surface area contributed by atoms with Gasteiger partial charge >= 0.3 is 0 Å². The maximum Gasteiger partial charge on any atom is 0.246 e. The fourth-order valence-electron chi connectivity index (χ4n) is 10.3. The van der Waals surface area contributed by atoms with E-state index in [-0.39, 0.29) is 24.3 Å². The highest BCUT2D eigenvalue weighted by Gasteiger charge is 2.44. The largest absolute Gasteiger partial charge is 0.461 e. The van der Waals surface area contributed by atoms with Gasteiger partial charge in [-0.3, -0.25) is 0 Å². The van der Waals surface area contributed by atoms with E-state index in [2.05, 4.69) is 204 Å². The number of fused-ring (bicyclic) bond motifs is 4. The summed E-state index contributed by atoms with van der Waals surface area (Å²) in [5.41, 5.74) is 21.2. The molecule has 11 rings (SSSR count). The van der Waals surface area contributed by atoms with Gasteiger partial charge in [0.15, 0.2) is 0 Å². The minimum Gasteiger partial charge on any atom is -0.461 e. The van der Waals surface area contributed by atoms with Crippen molar-refractivity contribution in [2.24, 2.45) is 0 Å². The zero-order valence-corrected chi connectivity index (χ0v) is 38.7. The van der Waals surface area contributed by atoms with Crippen molar-refractivity contribution in [1.29, 1.82) is 0 Å². The van der Waals surface area contributed by atoms with Gasteiger partial charge in [0.1, 0.15) is 23.0 Å². The van der Waals surface area contributed by atoms with Crippen LogP contribution in [-0.2, 0) is 10.8 Å². The molecule has 0 saturated heterocycles. The van der Waals surface area contributed by atoms with Gasteiger partial charge in [-0.1, -0.05) is 192 Å². The van der Waals surface area contributed by atoms with Gasteiger partial charge in [0.25, 0.3) is 0 Å². The Kier molecular flexibility index (Phi) is 9.62. The molecule has 0 unspecified atom stereocenters. The molecular formula is C60H53B2NO2. The maximum absolute atomic E-state index is 5.98. The van der Waals surface area contributed by atoms with Crippen LogP contribution in [0.25, 0.3) is 44.9 Å². The summed E-state index contributed by atoms with van der Waals surface area (Å²) < 4.78 is 11.9. The molecular weight excluding hydrogens is 788 g/mol. The lowest BCUT2D eigenvalue weighted by Crippen LogP contribution is -2.65. The highest BCUT2D eigenvalue weighted by atomic mass is 16.3. The number of furan rings is 2. The van der Waals surface area contributed by atoms with Crippen molar-refractivity contribution in [3.63, 3.8) is 0 Å². The molecule has 0 spiro atoms. The Bertz CT molecular complexity index is 3250. The summed E-state index contributed by atoms with van der Waals surface area (Å²) in [6.07, 6.45) is 0. The van der Waals surface area contributed by atoms with Gasteiger partial charge in [-0.15, -0.1) is 0 Å². The summed E-state index contributed by atoms with van der Waals surface area (Å²) in [7, 11) is 0.